The van der Waals surface area contributed by atoms with Gasteiger partial charge >= 0.3 is 0 Å². The highest BCUT2D eigenvalue weighted by atomic mass is 32.3. The number of fused-ring (bicyclic) bond motifs is 5. The minimum atomic E-state index is -4.92. The molecular formula is C27H47O8S-. The Morgan fingerprint density at radius 1 is 1.06 bits per heavy atom. The van der Waals surface area contributed by atoms with E-state index in [-0.39, 0.29) is 47.3 Å². The van der Waals surface area contributed by atoms with Crippen LogP contribution >= 0.6 is 0 Å². The third-order valence-electron chi connectivity index (χ3n) is 11.5. The second-order valence-electron chi connectivity index (χ2n) is 13.6. The van der Waals surface area contributed by atoms with Crippen LogP contribution in [-0.2, 0) is 14.6 Å². The third-order valence-corrected chi connectivity index (χ3v) is 12.0. The topological polar surface area (TPSA) is 147 Å². The van der Waals surface area contributed by atoms with Gasteiger partial charge in [0, 0.05) is 11.8 Å². The van der Waals surface area contributed by atoms with E-state index in [1.807, 2.05) is 20.8 Å². The monoisotopic (exact) mass is 531 g/mol. The quantitative estimate of drug-likeness (QED) is 0.290. The van der Waals surface area contributed by atoms with E-state index in [0.717, 1.165) is 19.3 Å². The molecule has 0 bridgehead atoms. The Kier molecular flexibility index (Phi) is 7.75. The summed E-state index contributed by atoms with van der Waals surface area (Å²) in [7, 11) is -4.92. The Bertz CT molecular complexity index is 909. The van der Waals surface area contributed by atoms with Gasteiger partial charge in [0.1, 0.15) is 0 Å². The molecule has 210 valence electrons. The number of rotatable bonds is 7. The molecule has 4 fully saturated rings. The van der Waals surface area contributed by atoms with Crippen LogP contribution < -0.4 is 0 Å². The SMILES string of the molecule is CC(C)[C@@H](O)CC[C@@H](C)[C@H]1C[C@H](OS(=O)(=O)[O-])C2C3C[C@@H](O)[C@@]4(O)C[C@@H](O)CC[C@]4(C)C3CC[C@@]21C. The molecule has 0 aromatic heterocycles. The minimum Gasteiger partial charge on any atom is -0.726 e. The summed E-state index contributed by atoms with van der Waals surface area (Å²) in [6, 6.07) is 0. The molecule has 0 spiro atoms. The van der Waals surface area contributed by atoms with Crippen LogP contribution in [0.2, 0.25) is 0 Å². The van der Waals surface area contributed by atoms with E-state index < -0.39 is 45.8 Å². The van der Waals surface area contributed by atoms with Crippen LogP contribution in [0.25, 0.3) is 0 Å². The summed E-state index contributed by atoms with van der Waals surface area (Å²) >= 11 is 0. The van der Waals surface area contributed by atoms with Crippen LogP contribution in [0.4, 0.5) is 0 Å². The van der Waals surface area contributed by atoms with E-state index in [9.17, 15) is 33.4 Å². The largest absolute Gasteiger partial charge is 0.726 e. The average molecular weight is 532 g/mol. The van der Waals surface area contributed by atoms with Gasteiger partial charge in [-0.1, -0.05) is 34.6 Å². The first-order chi connectivity index (χ1) is 16.5. The summed E-state index contributed by atoms with van der Waals surface area (Å²) < 4.78 is 40.7. The summed E-state index contributed by atoms with van der Waals surface area (Å²) in [5.41, 5.74) is -2.28. The fraction of sp³-hybridized carbons (Fsp3) is 1.00. The molecule has 0 radical (unpaired) electrons. The summed E-state index contributed by atoms with van der Waals surface area (Å²) in [5.74, 6) is 0.201. The number of aliphatic hydroxyl groups excluding tert-OH is 3. The fourth-order valence-electron chi connectivity index (χ4n) is 9.44. The van der Waals surface area contributed by atoms with E-state index >= 15 is 0 Å². The van der Waals surface area contributed by atoms with Crippen LogP contribution in [0.15, 0.2) is 0 Å². The zero-order valence-corrected chi connectivity index (χ0v) is 23.3. The Labute approximate surface area is 216 Å². The van der Waals surface area contributed by atoms with Gasteiger partial charge in [-0.15, -0.1) is 0 Å². The van der Waals surface area contributed by atoms with E-state index in [0.29, 0.717) is 32.1 Å². The van der Waals surface area contributed by atoms with Crippen molar-refractivity contribution in [2.45, 2.75) is 122 Å². The fourth-order valence-corrected chi connectivity index (χ4v) is 9.94. The van der Waals surface area contributed by atoms with Gasteiger partial charge in [-0.05, 0) is 92.3 Å². The summed E-state index contributed by atoms with van der Waals surface area (Å²) in [6.07, 6.45) is 2.34. The summed E-state index contributed by atoms with van der Waals surface area (Å²) in [6.45, 7) is 10.3. The van der Waals surface area contributed by atoms with Crippen LogP contribution in [0.1, 0.15) is 92.4 Å². The first kappa shape index (κ1) is 28.7. The standard InChI is InChI=1S/C27H48O8S/c1-15(2)21(29)7-6-16(3)20-13-22(35-36(32,33)34)24-18-12-23(30)27(31)14-17(28)8-11-26(27,5)19(18)9-10-25(20,24)4/h15-24,28-31H,6-14H2,1-5H3,(H,32,33,34)/p-1/t16-,17+,18?,19?,20-,21+,22+,23-,24?,25-,26-,27+/m1/s1. The van der Waals surface area contributed by atoms with Gasteiger partial charge in [0.2, 0.25) is 10.4 Å². The highest BCUT2D eigenvalue weighted by Crippen LogP contribution is 2.69. The van der Waals surface area contributed by atoms with Gasteiger partial charge in [0.05, 0.1) is 30.0 Å². The van der Waals surface area contributed by atoms with Gasteiger partial charge in [-0.2, -0.15) is 0 Å². The maximum Gasteiger partial charge on any atom is 0.217 e. The lowest BCUT2D eigenvalue weighted by atomic mass is 9.42. The van der Waals surface area contributed by atoms with Crippen molar-refractivity contribution >= 4 is 10.4 Å². The van der Waals surface area contributed by atoms with Crippen molar-refractivity contribution in [1.82, 2.24) is 0 Å². The lowest BCUT2D eigenvalue weighted by molar-refractivity contribution is -0.267. The highest BCUT2D eigenvalue weighted by Gasteiger charge is 2.69. The highest BCUT2D eigenvalue weighted by molar-refractivity contribution is 7.80. The van der Waals surface area contributed by atoms with Crippen molar-refractivity contribution in [2.24, 2.45) is 46.3 Å². The van der Waals surface area contributed by atoms with Gasteiger partial charge in [-0.3, -0.25) is 4.18 Å². The molecule has 0 amide bonds. The molecule has 4 N–H and O–H groups in total. The minimum absolute atomic E-state index is 0.0359. The van der Waals surface area contributed by atoms with E-state index in [1.54, 1.807) is 0 Å². The van der Waals surface area contributed by atoms with Gasteiger partial charge < -0.3 is 25.0 Å². The summed E-state index contributed by atoms with van der Waals surface area (Å²) in [4.78, 5) is 0. The lowest BCUT2D eigenvalue weighted by Crippen LogP contribution is -2.69. The zero-order valence-electron chi connectivity index (χ0n) is 22.5. The molecule has 8 nitrogen and oxygen atoms in total. The second kappa shape index (κ2) is 9.72. The van der Waals surface area contributed by atoms with Crippen LogP contribution in [-0.4, -0.2) is 63.4 Å². The molecule has 0 aromatic carbocycles. The normalized spacial score (nSPS) is 48.7. The van der Waals surface area contributed by atoms with Crippen molar-refractivity contribution in [3.63, 3.8) is 0 Å². The summed E-state index contributed by atoms with van der Waals surface area (Å²) in [5, 5.41) is 43.6. The van der Waals surface area contributed by atoms with Crippen molar-refractivity contribution in [1.29, 1.82) is 0 Å². The number of hydrogen-bond donors (Lipinski definition) is 4. The smallest absolute Gasteiger partial charge is 0.217 e. The number of hydrogen-bond acceptors (Lipinski definition) is 8. The molecule has 4 rings (SSSR count). The Morgan fingerprint density at radius 2 is 1.72 bits per heavy atom. The first-order valence-corrected chi connectivity index (χ1v) is 15.3. The molecular weight excluding hydrogens is 484 g/mol. The zero-order chi connectivity index (χ0) is 26.8. The Hall–Kier alpha value is -0.290. The predicted molar refractivity (Wildman–Crippen MR) is 133 cm³/mol. The van der Waals surface area contributed by atoms with Crippen molar-refractivity contribution in [3.8, 4) is 0 Å². The van der Waals surface area contributed by atoms with Crippen molar-refractivity contribution < 1.29 is 37.6 Å². The van der Waals surface area contributed by atoms with E-state index in [4.69, 9.17) is 4.18 Å². The molecule has 12 atom stereocenters. The van der Waals surface area contributed by atoms with Crippen LogP contribution in [0.5, 0.6) is 0 Å². The Balaban J connectivity index is 1.67. The van der Waals surface area contributed by atoms with Gasteiger partial charge in [0.15, 0.2) is 0 Å². The van der Waals surface area contributed by atoms with Crippen molar-refractivity contribution in [2.75, 3.05) is 0 Å². The molecule has 0 aromatic rings. The third kappa shape index (κ3) is 4.69. The average Bonchev–Trinajstić information content (AvgIpc) is 3.05. The molecule has 0 saturated heterocycles. The van der Waals surface area contributed by atoms with Gasteiger partial charge in [0.25, 0.3) is 0 Å². The molecule has 0 heterocycles. The number of aliphatic hydroxyl groups is 4. The molecule has 4 aliphatic rings. The van der Waals surface area contributed by atoms with E-state index in [1.165, 1.54) is 0 Å². The molecule has 0 aliphatic heterocycles. The van der Waals surface area contributed by atoms with Crippen LogP contribution in [0.3, 0.4) is 0 Å². The Morgan fingerprint density at radius 3 is 2.33 bits per heavy atom. The van der Waals surface area contributed by atoms with E-state index in [2.05, 4.69) is 13.8 Å². The maximum atomic E-state index is 11.8. The lowest BCUT2D eigenvalue weighted by Gasteiger charge is -2.65. The molecule has 4 saturated carbocycles. The van der Waals surface area contributed by atoms with Crippen LogP contribution in [0, 0.1) is 46.3 Å². The second-order valence-corrected chi connectivity index (χ2v) is 14.6. The van der Waals surface area contributed by atoms with Gasteiger partial charge in [-0.25, -0.2) is 8.42 Å². The maximum absolute atomic E-state index is 11.8. The first-order valence-electron chi connectivity index (χ1n) is 13.9. The predicted octanol–water partition coefficient (Wildman–Crippen LogP) is 2.98. The van der Waals surface area contributed by atoms with Crippen molar-refractivity contribution in [3.05, 3.63) is 0 Å². The molecule has 36 heavy (non-hydrogen) atoms. The molecule has 3 unspecified atom stereocenters. The molecule has 9 heteroatoms. The molecule has 4 aliphatic carbocycles.